The van der Waals surface area contributed by atoms with E-state index >= 15 is 0 Å². The van der Waals surface area contributed by atoms with Crippen LogP contribution in [-0.2, 0) is 11.3 Å². The summed E-state index contributed by atoms with van der Waals surface area (Å²) in [5.41, 5.74) is 1.43. The van der Waals surface area contributed by atoms with E-state index in [4.69, 9.17) is 0 Å². The van der Waals surface area contributed by atoms with Crippen LogP contribution < -0.4 is 16.2 Å². The molecule has 2 aromatic heterocycles. The highest BCUT2D eigenvalue weighted by Gasteiger charge is 2.16. The molecule has 0 aliphatic heterocycles. The van der Waals surface area contributed by atoms with Crippen molar-refractivity contribution in [3.63, 3.8) is 0 Å². The van der Waals surface area contributed by atoms with Crippen LogP contribution in [0.2, 0.25) is 0 Å². The molecule has 2 amide bonds. The number of hydrogen-bond acceptors (Lipinski definition) is 5. The first-order valence-electron chi connectivity index (χ1n) is 9.70. The predicted molar refractivity (Wildman–Crippen MR) is 121 cm³/mol. The van der Waals surface area contributed by atoms with Crippen LogP contribution in [0, 0.1) is 0 Å². The number of carbonyl (C=O) groups is 2. The van der Waals surface area contributed by atoms with Crippen LogP contribution in [0.1, 0.15) is 28.9 Å². The lowest BCUT2D eigenvalue weighted by Crippen LogP contribution is -2.30. The summed E-state index contributed by atoms with van der Waals surface area (Å²) in [6.07, 6.45) is 1.36. The van der Waals surface area contributed by atoms with Crippen LogP contribution in [0.4, 0.5) is 5.69 Å². The van der Waals surface area contributed by atoms with Gasteiger partial charge in [0.2, 0.25) is 5.91 Å². The summed E-state index contributed by atoms with van der Waals surface area (Å²) in [6.45, 7) is 1.70. The fraction of sp³-hybridized carbons (Fsp3) is 0.130. The fourth-order valence-corrected chi connectivity index (χ4v) is 3.96. The number of hydrogen-bond donors (Lipinski definition) is 2. The Hall–Kier alpha value is -3.78. The number of fused-ring (bicyclic) bond motifs is 1. The summed E-state index contributed by atoms with van der Waals surface area (Å²) in [6, 6.07) is 17.9. The molecule has 0 radical (unpaired) electrons. The molecule has 0 fully saturated rings. The zero-order valence-corrected chi connectivity index (χ0v) is 17.6. The van der Waals surface area contributed by atoms with Crippen molar-refractivity contribution in [1.82, 2.24) is 14.9 Å². The topological polar surface area (TPSA) is 93.1 Å². The number of nitrogens with zero attached hydrogens (tertiary/aromatic N) is 2. The molecular formula is C23H20N4O3S. The Morgan fingerprint density at radius 2 is 1.81 bits per heavy atom. The van der Waals surface area contributed by atoms with Gasteiger partial charge in [-0.3, -0.25) is 19.0 Å². The number of para-hydroxylation sites is 1. The third-order valence-electron chi connectivity index (χ3n) is 4.86. The Bertz CT molecular complexity index is 1300. The Labute approximate surface area is 182 Å². The Balaban J connectivity index is 1.48. The van der Waals surface area contributed by atoms with Crippen molar-refractivity contribution in [3.8, 4) is 0 Å². The van der Waals surface area contributed by atoms with Crippen molar-refractivity contribution in [2.24, 2.45) is 0 Å². The zero-order chi connectivity index (χ0) is 21.8. The largest absolute Gasteiger partial charge is 0.345 e. The van der Waals surface area contributed by atoms with Gasteiger partial charge in [-0.15, -0.1) is 11.3 Å². The van der Waals surface area contributed by atoms with Gasteiger partial charge < -0.3 is 10.6 Å². The minimum atomic E-state index is -0.421. The van der Waals surface area contributed by atoms with Crippen molar-refractivity contribution in [1.29, 1.82) is 0 Å². The molecule has 0 spiro atoms. The maximum atomic E-state index is 12.8. The van der Waals surface area contributed by atoms with Crippen molar-refractivity contribution in [2.45, 2.75) is 19.5 Å². The highest BCUT2D eigenvalue weighted by atomic mass is 32.1. The second-order valence-electron chi connectivity index (χ2n) is 7.02. The van der Waals surface area contributed by atoms with Gasteiger partial charge in [0.05, 0.1) is 29.0 Å². The SMILES string of the molecule is C[C@@H](NC(=O)c1ccccc1NC(=O)Cn1cnc2sccc2c1=O)c1ccccc1. The lowest BCUT2D eigenvalue weighted by atomic mass is 10.1. The van der Waals surface area contributed by atoms with Gasteiger partial charge in [0, 0.05) is 0 Å². The van der Waals surface area contributed by atoms with E-state index in [1.807, 2.05) is 37.3 Å². The van der Waals surface area contributed by atoms with E-state index in [-0.39, 0.29) is 24.1 Å². The minimum absolute atomic E-state index is 0.195. The average Bonchev–Trinajstić information content (AvgIpc) is 3.26. The van der Waals surface area contributed by atoms with E-state index in [0.717, 1.165) is 5.56 Å². The molecule has 0 saturated heterocycles. The number of benzene rings is 2. The smallest absolute Gasteiger partial charge is 0.262 e. The van der Waals surface area contributed by atoms with Gasteiger partial charge in [0.15, 0.2) is 0 Å². The molecule has 0 bridgehead atoms. The van der Waals surface area contributed by atoms with Gasteiger partial charge in [-0.1, -0.05) is 42.5 Å². The van der Waals surface area contributed by atoms with Crippen molar-refractivity contribution in [2.75, 3.05) is 5.32 Å². The first-order valence-corrected chi connectivity index (χ1v) is 10.6. The van der Waals surface area contributed by atoms with Crippen LogP contribution in [0.15, 0.2) is 77.2 Å². The van der Waals surface area contributed by atoms with Crippen LogP contribution >= 0.6 is 11.3 Å². The van der Waals surface area contributed by atoms with E-state index in [1.54, 1.807) is 35.7 Å². The van der Waals surface area contributed by atoms with E-state index in [2.05, 4.69) is 15.6 Å². The Kier molecular flexibility index (Phi) is 5.90. The first kappa shape index (κ1) is 20.5. The quantitative estimate of drug-likeness (QED) is 0.487. The molecule has 156 valence electrons. The zero-order valence-electron chi connectivity index (χ0n) is 16.7. The Morgan fingerprint density at radius 3 is 2.61 bits per heavy atom. The number of nitrogens with one attached hydrogen (secondary N) is 2. The monoisotopic (exact) mass is 432 g/mol. The molecule has 7 nitrogen and oxygen atoms in total. The number of rotatable bonds is 6. The third-order valence-corrected chi connectivity index (χ3v) is 5.68. The molecule has 4 rings (SSSR count). The highest BCUT2D eigenvalue weighted by Crippen LogP contribution is 2.18. The van der Waals surface area contributed by atoms with Crippen LogP contribution in [0.25, 0.3) is 10.2 Å². The maximum absolute atomic E-state index is 12.8. The van der Waals surface area contributed by atoms with Gasteiger partial charge in [0.25, 0.3) is 11.5 Å². The molecule has 0 unspecified atom stereocenters. The second kappa shape index (κ2) is 8.93. The lowest BCUT2D eigenvalue weighted by Gasteiger charge is -2.16. The molecule has 4 aromatic rings. The molecule has 8 heteroatoms. The summed E-state index contributed by atoms with van der Waals surface area (Å²) < 4.78 is 1.25. The van der Waals surface area contributed by atoms with Gasteiger partial charge in [-0.2, -0.15) is 0 Å². The maximum Gasteiger partial charge on any atom is 0.262 e. The van der Waals surface area contributed by atoms with E-state index in [1.165, 1.54) is 22.2 Å². The Morgan fingerprint density at radius 1 is 1.06 bits per heavy atom. The fourth-order valence-electron chi connectivity index (χ4n) is 3.24. The van der Waals surface area contributed by atoms with Crippen LogP contribution in [-0.4, -0.2) is 21.4 Å². The molecule has 2 heterocycles. The number of amides is 2. The first-order chi connectivity index (χ1) is 15.0. The molecule has 2 aromatic carbocycles. The molecule has 0 aliphatic rings. The van der Waals surface area contributed by atoms with E-state index in [0.29, 0.717) is 21.5 Å². The van der Waals surface area contributed by atoms with E-state index in [9.17, 15) is 14.4 Å². The van der Waals surface area contributed by atoms with E-state index < -0.39 is 5.91 Å². The lowest BCUT2D eigenvalue weighted by molar-refractivity contribution is -0.116. The molecule has 1 atom stereocenters. The number of carbonyl (C=O) groups excluding carboxylic acids is 2. The molecule has 2 N–H and O–H groups in total. The predicted octanol–water partition coefficient (Wildman–Crippen LogP) is 3.59. The number of thiophene rings is 1. The number of anilines is 1. The second-order valence-corrected chi connectivity index (χ2v) is 7.91. The summed E-state index contributed by atoms with van der Waals surface area (Å²) in [7, 11) is 0. The summed E-state index contributed by atoms with van der Waals surface area (Å²) in [4.78, 5) is 42.8. The molecule has 0 aliphatic carbocycles. The van der Waals surface area contributed by atoms with Crippen LogP contribution in [0.5, 0.6) is 0 Å². The standard InChI is InChI=1S/C23H20N4O3S/c1-15(16-7-3-2-4-8-16)25-21(29)17-9-5-6-10-19(17)26-20(28)13-27-14-24-22-18(23(27)30)11-12-31-22/h2-12,14-15H,13H2,1H3,(H,25,29)(H,26,28)/t15-/m1/s1. The molecule has 31 heavy (non-hydrogen) atoms. The van der Waals surface area contributed by atoms with Gasteiger partial charge in [0.1, 0.15) is 11.4 Å². The average molecular weight is 433 g/mol. The minimum Gasteiger partial charge on any atom is -0.345 e. The number of aromatic nitrogens is 2. The molecular weight excluding hydrogens is 412 g/mol. The van der Waals surface area contributed by atoms with Crippen molar-refractivity contribution in [3.05, 3.63) is 93.9 Å². The summed E-state index contributed by atoms with van der Waals surface area (Å²) >= 11 is 1.37. The van der Waals surface area contributed by atoms with Gasteiger partial charge in [-0.05, 0) is 36.1 Å². The van der Waals surface area contributed by atoms with Gasteiger partial charge in [-0.25, -0.2) is 4.98 Å². The third kappa shape index (κ3) is 4.54. The highest BCUT2D eigenvalue weighted by molar-refractivity contribution is 7.16. The van der Waals surface area contributed by atoms with Crippen molar-refractivity contribution < 1.29 is 9.59 Å². The normalized spacial score (nSPS) is 11.8. The summed E-state index contributed by atoms with van der Waals surface area (Å²) in [5.74, 6) is -0.722. The van der Waals surface area contributed by atoms with Crippen molar-refractivity contribution >= 4 is 39.1 Å². The van der Waals surface area contributed by atoms with Crippen LogP contribution in [0.3, 0.4) is 0 Å². The summed E-state index contributed by atoms with van der Waals surface area (Å²) in [5, 5.41) is 7.95. The molecule has 0 saturated carbocycles. The van der Waals surface area contributed by atoms with Gasteiger partial charge >= 0.3 is 0 Å².